The van der Waals surface area contributed by atoms with Crippen LogP contribution >= 0.6 is 11.3 Å². The minimum atomic E-state index is -0.256. The zero-order chi connectivity index (χ0) is 19.2. The van der Waals surface area contributed by atoms with Gasteiger partial charge in [-0.25, -0.2) is 9.78 Å². The molecule has 0 atom stereocenters. The molecule has 140 valence electrons. The van der Waals surface area contributed by atoms with Gasteiger partial charge in [-0.05, 0) is 29.8 Å². The summed E-state index contributed by atoms with van der Waals surface area (Å²) in [6.07, 6.45) is 6.24. The molecule has 2 heterocycles. The zero-order valence-corrected chi connectivity index (χ0v) is 15.9. The van der Waals surface area contributed by atoms with Crippen molar-refractivity contribution in [2.45, 2.75) is 13.0 Å². The van der Waals surface area contributed by atoms with E-state index >= 15 is 0 Å². The standard InChI is InChI=1S/C21H19N5OS/c27-21(23-11-16-12-24-25-13-16)26-18-8-6-17(7-9-18)20-22-14-19(28-20)10-15-4-2-1-3-5-15/h1-9,12-14H,10-11H2,(H,24,25)(H2,23,26,27). The highest BCUT2D eigenvalue weighted by atomic mass is 32.1. The van der Waals surface area contributed by atoms with Gasteiger partial charge in [-0.3, -0.25) is 5.10 Å². The van der Waals surface area contributed by atoms with E-state index in [1.54, 1.807) is 23.7 Å². The van der Waals surface area contributed by atoms with Crippen LogP contribution in [0.25, 0.3) is 10.6 Å². The molecule has 28 heavy (non-hydrogen) atoms. The fourth-order valence-corrected chi connectivity index (χ4v) is 3.70. The number of carbonyl (C=O) groups excluding carboxylic acids is 1. The van der Waals surface area contributed by atoms with E-state index in [-0.39, 0.29) is 6.03 Å². The van der Waals surface area contributed by atoms with Crippen LogP contribution in [0.15, 0.2) is 73.2 Å². The number of urea groups is 1. The Hall–Kier alpha value is -3.45. The van der Waals surface area contributed by atoms with Gasteiger partial charge in [0.1, 0.15) is 5.01 Å². The van der Waals surface area contributed by atoms with Crippen molar-refractivity contribution >= 4 is 23.1 Å². The average molecular weight is 389 g/mol. The number of aromatic nitrogens is 3. The quantitative estimate of drug-likeness (QED) is 0.456. The van der Waals surface area contributed by atoms with Crippen molar-refractivity contribution in [3.05, 3.63) is 89.2 Å². The normalized spacial score (nSPS) is 10.6. The predicted molar refractivity (Wildman–Crippen MR) is 111 cm³/mol. The number of amides is 2. The summed E-state index contributed by atoms with van der Waals surface area (Å²) < 4.78 is 0. The molecule has 4 rings (SSSR count). The Bertz CT molecular complexity index is 1030. The third kappa shape index (κ3) is 4.63. The number of thiazole rings is 1. The lowest BCUT2D eigenvalue weighted by atomic mass is 10.1. The van der Waals surface area contributed by atoms with E-state index in [4.69, 9.17) is 0 Å². The topological polar surface area (TPSA) is 82.7 Å². The summed E-state index contributed by atoms with van der Waals surface area (Å²) in [5, 5.41) is 13.1. The van der Waals surface area contributed by atoms with E-state index in [0.29, 0.717) is 6.54 Å². The molecule has 0 saturated heterocycles. The molecule has 0 unspecified atom stereocenters. The highest BCUT2D eigenvalue weighted by Gasteiger charge is 2.07. The molecule has 2 aromatic heterocycles. The lowest BCUT2D eigenvalue weighted by Gasteiger charge is -2.07. The van der Waals surface area contributed by atoms with E-state index in [0.717, 1.165) is 28.2 Å². The van der Waals surface area contributed by atoms with Gasteiger partial charge >= 0.3 is 6.03 Å². The van der Waals surface area contributed by atoms with E-state index in [9.17, 15) is 4.79 Å². The summed E-state index contributed by atoms with van der Waals surface area (Å²) in [4.78, 5) is 17.7. The highest BCUT2D eigenvalue weighted by molar-refractivity contribution is 7.15. The maximum atomic E-state index is 12.0. The molecule has 4 aromatic rings. The molecule has 0 aliphatic heterocycles. The van der Waals surface area contributed by atoms with Gasteiger partial charge in [0, 0.05) is 47.1 Å². The molecule has 0 fully saturated rings. The number of benzene rings is 2. The van der Waals surface area contributed by atoms with Crippen molar-refractivity contribution in [1.82, 2.24) is 20.5 Å². The van der Waals surface area contributed by atoms with Crippen LogP contribution in [0.3, 0.4) is 0 Å². The number of rotatable bonds is 6. The summed E-state index contributed by atoms with van der Waals surface area (Å²) in [5.41, 5.74) is 3.96. The second-order valence-corrected chi connectivity index (χ2v) is 7.40. The van der Waals surface area contributed by atoms with Crippen molar-refractivity contribution in [2.75, 3.05) is 5.32 Å². The molecule has 3 N–H and O–H groups in total. The molecule has 0 bridgehead atoms. The SMILES string of the molecule is O=C(NCc1cn[nH]c1)Nc1ccc(-c2ncc(Cc3ccccc3)s2)cc1. The summed E-state index contributed by atoms with van der Waals surface area (Å²) in [5.74, 6) is 0. The smallest absolute Gasteiger partial charge is 0.319 e. The van der Waals surface area contributed by atoms with Crippen LogP contribution in [-0.4, -0.2) is 21.2 Å². The zero-order valence-electron chi connectivity index (χ0n) is 15.1. The maximum Gasteiger partial charge on any atom is 0.319 e. The maximum absolute atomic E-state index is 12.0. The van der Waals surface area contributed by atoms with Crippen molar-refractivity contribution in [3.8, 4) is 10.6 Å². The fourth-order valence-electron chi connectivity index (χ4n) is 2.75. The summed E-state index contributed by atoms with van der Waals surface area (Å²) in [6, 6.07) is 17.8. The largest absolute Gasteiger partial charge is 0.334 e. The number of H-pyrrole nitrogens is 1. The Kier molecular flexibility index (Phi) is 5.44. The van der Waals surface area contributed by atoms with Gasteiger partial charge in [-0.1, -0.05) is 30.3 Å². The molecule has 0 spiro atoms. The first kappa shape index (κ1) is 17.9. The van der Waals surface area contributed by atoms with Gasteiger partial charge in [0.15, 0.2) is 0 Å². The molecule has 0 radical (unpaired) electrons. The Morgan fingerprint density at radius 3 is 2.57 bits per heavy atom. The number of aromatic amines is 1. The van der Waals surface area contributed by atoms with E-state index in [1.807, 2.05) is 48.7 Å². The van der Waals surface area contributed by atoms with Crippen LogP contribution in [0, 0.1) is 0 Å². The molecule has 7 heteroatoms. The summed E-state index contributed by atoms with van der Waals surface area (Å²) in [6.45, 7) is 0.420. The van der Waals surface area contributed by atoms with Gasteiger partial charge in [-0.2, -0.15) is 5.10 Å². The number of hydrogen-bond acceptors (Lipinski definition) is 4. The Morgan fingerprint density at radius 2 is 1.82 bits per heavy atom. The second kappa shape index (κ2) is 8.49. The van der Waals surface area contributed by atoms with Crippen LogP contribution in [0.4, 0.5) is 10.5 Å². The third-order valence-corrected chi connectivity index (χ3v) is 5.22. The Labute approximate surface area is 166 Å². The third-order valence-electron chi connectivity index (χ3n) is 4.17. The summed E-state index contributed by atoms with van der Waals surface area (Å²) in [7, 11) is 0. The van der Waals surface area contributed by atoms with E-state index in [1.165, 1.54) is 10.4 Å². The van der Waals surface area contributed by atoms with Crippen LogP contribution < -0.4 is 10.6 Å². The predicted octanol–water partition coefficient (Wildman–Crippen LogP) is 4.45. The molecule has 0 aliphatic carbocycles. The second-order valence-electron chi connectivity index (χ2n) is 6.29. The Morgan fingerprint density at radius 1 is 1.00 bits per heavy atom. The van der Waals surface area contributed by atoms with Crippen molar-refractivity contribution in [2.24, 2.45) is 0 Å². The van der Waals surface area contributed by atoms with Crippen LogP contribution in [-0.2, 0) is 13.0 Å². The molecule has 0 aliphatic rings. The first-order valence-electron chi connectivity index (χ1n) is 8.88. The van der Waals surface area contributed by atoms with Crippen LogP contribution in [0.5, 0.6) is 0 Å². The summed E-state index contributed by atoms with van der Waals surface area (Å²) >= 11 is 1.69. The first-order valence-corrected chi connectivity index (χ1v) is 9.69. The van der Waals surface area contributed by atoms with Gasteiger partial charge < -0.3 is 10.6 Å². The number of carbonyl (C=O) groups is 1. The number of hydrogen-bond donors (Lipinski definition) is 3. The molecule has 6 nitrogen and oxygen atoms in total. The molecule has 2 aromatic carbocycles. The van der Waals surface area contributed by atoms with Crippen LogP contribution in [0.1, 0.15) is 16.0 Å². The first-order chi connectivity index (χ1) is 13.8. The molecular weight excluding hydrogens is 370 g/mol. The van der Waals surface area contributed by atoms with Crippen molar-refractivity contribution in [1.29, 1.82) is 0 Å². The van der Waals surface area contributed by atoms with Crippen LogP contribution in [0.2, 0.25) is 0 Å². The van der Waals surface area contributed by atoms with Crippen molar-refractivity contribution < 1.29 is 4.79 Å². The number of nitrogens with one attached hydrogen (secondary N) is 3. The lowest BCUT2D eigenvalue weighted by molar-refractivity contribution is 0.251. The van der Waals surface area contributed by atoms with Gasteiger partial charge in [0.05, 0.1) is 6.20 Å². The van der Waals surface area contributed by atoms with Crippen molar-refractivity contribution in [3.63, 3.8) is 0 Å². The molecule has 0 saturated carbocycles. The minimum Gasteiger partial charge on any atom is -0.334 e. The average Bonchev–Trinajstić information content (AvgIpc) is 3.40. The van der Waals surface area contributed by atoms with E-state index in [2.05, 4.69) is 37.9 Å². The monoisotopic (exact) mass is 389 g/mol. The van der Waals surface area contributed by atoms with Gasteiger partial charge in [0.2, 0.25) is 0 Å². The van der Waals surface area contributed by atoms with Gasteiger partial charge in [-0.15, -0.1) is 11.3 Å². The number of nitrogens with zero attached hydrogens (tertiary/aromatic N) is 2. The highest BCUT2D eigenvalue weighted by Crippen LogP contribution is 2.27. The fraction of sp³-hybridized carbons (Fsp3) is 0.0952. The van der Waals surface area contributed by atoms with E-state index < -0.39 is 0 Å². The Balaban J connectivity index is 1.34. The minimum absolute atomic E-state index is 0.256. The lowest BCUT2D eigenvalue weighted by Crippen LogP contribution is -2.27. The molecule has 2 amide bonds. The van der Waals surface area contributed by atoms with Gasteiger partial charge in [0.25, 0.3) is 0 Å². The number of anilines is 1. The molecular formula is C21H19N5OS.